The van der Waals surface area contributed by atoms with Crippen LogP contribution < -0.4 is 5.32 Å². The molecule has 1 heterocycles. The van der Waals surface area contributed by atoms with Gasteiger partial charge in [0.2, 0.25) is 0 Å². The lowest BCUT2D eigenvalue weighted by atomic mass is 9.85. The molecule has 0 spiro atoms. The number of rotatable bonds is 2. The van der Waals surface area contributed by atoms with Gasteiger partial charge in [0.1, 0.15) is 0 Å². The second kappa shape index (κ2) is 4.16. The first-order valence-corrected chi connectivity index (χ1v) is 5.68. The summed E-state index contributed by atoms with van der Waals surface area (Å²) in [6.45, 7) is 5.40. The van der Waals surface area contributed by atoms with Crippen molar-refractivity contribution in [2.45, 2.75) is 20.3 Å². The van der Waals surface area contributed by atoms with Gasteiger partial charge in [-0.15, -0.1) is 0 Å². The number of carboxylic acids is 1. The highest BCUT2D eigenvalue weighted by Crippen LogP contribution is 2.29. The molecule has 0 saturated heterocycles. The van der Waals surface area contributed by atoms with Crippen LogP contribution in [0.25, 0.3) is 0 Å². The van der Waals surface area contributed by atoms with E-state index in [0.717, 1.165) is 24.2 Å². The van der Waals surface area contributed by atoms with Crippen LogP contribution in [0.3, 0.4) is 0 Å². The van der Waals surface area contributed by atoms with Crippen molar-refractivity contribution in [3.05, 3.63) is 29.3 Å². The van der Waals surface area contributed by atoms with Crippen molar-refractivity contribution in [3.63, 3.8) is 0 Å². The quantitative estimate of drug-likeness (QED) is 0.803. The van der Waals surface area contributed by atoms with Crippen LogP contribution >= 0.6 is 0 Å². The Bertz CT molecular complexity index is 412. The van der Waals surface area contributed by atoms with Crippen LogP contribution in [-0.2, 0) is 6.42 Å². The Hall–Kier alpha value is -1.51. The maximum Gasteiger partial charge on any atom is 0.335 e. The van der Waals surface area contributed by atoms with Gasteiger partial charge in [-0.25, -0.2) is 4.79 Å². The summed E-state index contributed by atoms with van der Waals surface area (Å²) in [6.07, 6.45) is 0.973. The molecule has 1 atom stereocenters. The maximum absolute atomic E-state index is 10.9. The van der Waals surface area contributed by atoms with Crippen molar-refractivity contribution >= 4 is 11.7 Å². The van der Waals surface area contributed by atoms with Gasteiger partial charge in [-0.2, -0.15) is 0 Å². The molecule has 3 heteroatoms. The summed E-state index contributed by atoms with van der Waals surface area (Å²) >= 11 is 0. The van der Waals surface area contributed by atoms with Crippen LogP contribution in [0, 0.1) is 11.8 Å². The number of carbonyl (C=O) groups is 1. The topological polar surface area (TPSA) is 49.3 Å². The third kappa shape index (κ3) is 2.03. The summed E-state index contributed by atoms with van der Waals surface area (Å²) < 4.78 is 0. The van der Waals surface area contributed by atoms with Gasteiger partial charge in [-0.3, -0.25) is 0 Å². The van der Waals surface area contributed by atoms with Gasteiger partial charge in [-0.1, -0.05) is 13.8 Å². The van der Waals surface area contributed by atoms with Crippen LogP contribution in [0.5, 0.6) is 0 Å². The van der Waals surface area contributed by atoms with Crippen molar-refractivity contribution in [2.75, 3.05) is 11.9 Å². The Kier molecular flexibility index (Phi) is 2.86. The van der Waals surface area contributed by atoms with Crippen LogP contribution in [-0.4, -0.2) is 17.6 Å². The second-order valence-corrected chi connectivity index (χ2v) is 4.77. The van der Waals surface area contributed by atoms with Crippen LogP contribution in [0.15, 0.2) is 18.2 Å². The summed E-state index contributed by atoms with van der Waals surface area (Å²) in [5, 5.41) is 12.3. The number of hydrogen-bond acceptors (Lipinski definition) is 2. The molecule has 1 aromatic carbocycles. The fourth-order valence-corrected chi connectivity index (χ4v) is 2.14. The summed E-state index contributed by atoms with van der Waals surface area (Å²) in [4.78, 5) is 10.9. The number of nitrogens with one attached hydrogen (secondary N) is 1. The van der Waals surface area contributed by atoms with Gasteiger partial charge >= 0.3 is 5.97 Å². The molecule has 0 aliphatic carbocycles. The molecule has 2 rings (SSSR count). The van der Waals surface area contributed by atoms with Gasteiger partial charge in [0.25, 0.3) is 0 Å². The lowest BCUT2D eigenvalue weighted by Gasteiger charge is -2.29. The molecule has 1 aromatic rings. The average molecular weight is 219 g/mol. The Balaban J connectivity index is 2.28. The molecule has 0 radical (unpaired) electrons. The Morgan fingerprint density at radius 1 is 1.50 bits per heavy atom. The predicted octanol–water partition coefficient (Wildman–Crippen LogP) is 2.62. The van der Waals surface area contributed by atoms with Crippen LogP contribution in [0.4, 0.5) is 5.69 Å². The standard InChI is InChI=1S/C13H17NO2/c1-8(2)11-6-10-5-9(13(15)16)3-4-12(10)14-7-11/h3-5,8,11,14H,6-7H2,1-2H3,(H,15,16). The summed E-state index contributed by atoms with van der Waals surface area (Å²) in [5.41, 5.74) is 2.59. The fourth-order valence-electron chi connectivity index (χ4n) is 2.14. The van der Waals surface area contributed by atoms with Crippen LogP contribution in [0.1, 0.15) is 29.8 Å². The summed E-state index contributed by atoms with van der Waals surface area (Å²) in [5.74, 6) is 0.361. The SMILES string of the molecule is CC(C)C1CNc2ccc(C(=O)O)cc2C1. The van der Waals surface area contributed by atoms with E-state index in [1.165, 1.54) is 0 Å². The molecule has 1 unspecified atom stereocenters. The van der Waals surface area contributed by atoms with Gasteiger partial charge < -0.3 is 10.4 Å². The molecule has 86 valence electrons. The lowest BCUT2D eigenvalue weighted by Crippen LogP contribution is -2.27. The molecule has 2 N–H and O–H groups in total. The number of carboxylic acid groups (broad SMARTS) is 1. The molecular weight excluding hydrogens is 202 g/mol. The largest absolute Gasteiger partial charge is 0.478 e. The Morgan fingerprint density at radius 2 is 2.25 bits per heavy atom. The zero-order valence-corrected chi connectivity index (χ0v) is 9.66. The van der Waals surface area contributed by atoms with Crippen molar-refractivity contribution in [1.29, 1.82) is 0 Å². The van der Waals surface area contributed by atoms with Gasteiger partial charge in [-0.05, 0) is 42.0 Å². The summed E-state index contributed by atoms with van der Waals surface area (Å²) in [7, 11) is 0. The third-order valence-corrected chi connectivity index (χ3v) is 3.33. The first-order valence-electron chi connectivity index (χ1n) is 5.68. The van der Waals surface area contributed by atoms with E-state index < -0.39 is 5.97 Å². The average Bonchev–Trinajstić information content (AvgIpc) is 2.27. The zero-order chi connectivity index (χ0) is 11.7. The molecule has 0 bridgehead atoms. The Morgan fingerprint density at radius 3 is 2.88 bits per heavy atom. The maximum atomic E-state index is 10.9. The van der Waals surface area contributed by atoms with E-state index in [4.69, 9.17) is 5.11 Å². The second-order valence-electron chi connectivity index (χ2n) is 4.77. The normalized spacial score (nSPS) is 19.1. The van der Waals surface area contributed by atoms with Gasteiger partial charge in [0.05, 0.1) is 5.56 Å². The number of fused-ring (bicyclic) bond motifs is 1. The minimum Gasteiger partial charge on any atom is -0.478 e. The van der Waals surface area contributed by atoms with E-state index in [0.29, 0.717) is 17.4 Å². The number of anilines is 1. The molecule has 1 aliphatic heterocycles. The highest BCUT2D eigenvalue weighted by molar-refractivity contribution is 5.88. The monoisotopic (exact) mass is 219 g/mol. The van der Waals surface area contributed by atoms with E-state index in [1.54, 1.807) is 12.1 Å². The van der Waals surface area contributed by atoms with E-state index in [9.17, 15) is 4.79 Å². The van der Waals surface area contributed by atoms with E-state index in [2.05, 4.69) is 19.2 Å². The molecule has 0 saturated carbocycles. The highest BCUT2D eigenvalue weighted by Gasteiger charge is 2.21. The molecule has 0 fully saturated rings. The van der Waals surface area contributed by atoms with Gasteiger partial charge in [0.15, 0.2) is 0 Å². The molecule has 0 amide bonds. The Labute approximate surface area is 95.5 Å². The van der Waals surface area contributed by atoms with E-state index in [1.807, 2.05) is 6.07 Å². The predicted molar refractivity (Wildman–Crippen MR) is 63.9 cm³/mol. The molecule has 0 aromatic heterocycles. The van der Waals surface area contributed by atoms with Crippen molar-refractivity contribution < 1.29 is 9.90 Å². The van der Waals surface area contributed by atoms with Crippen molar-refractivity contribution in [3.8, 4) is 0 Å². The van der Waals surface area contributed by atoms with Crippen LogP contribution in [0.2, 0.25) is 0 Å². The zero-order valence-electron chi connectivity index (χ0n) is 9.66. The van der Waals surface area contributed by atoms with Crippen molar-refractivity contribution in [2.24, 2.45) is 11.8 Å². The smallest absolute Gasteiger partial charge is 0.335 e. The number of benzene rings is 1. The number of aromatic carboxylic acids is 1. The third-order valence-electron chi connectivity index (χ3n) is 3.33. The minimum absolute atomic E-state index is 0.380. The number of hydrogen-bond donors (Lipinski definition) is 2. The first kappa shape index (κ1) is 11.0. The molecule has 16 heavy (non-hydrogen) atoms. The van der Waals surface area contributed by atoms with E-state index >= 15 is 0 Å². The molecular formula is C13H17NO2. The molecule has 1 aliphatic rings. The molecule has 3 nitrogen and oxygen atoms in total. The highest BCUT2D eigenvalue weighted by atomic mass is 16.4. The van der Waals surface area contributed by atoms with E-state index in [-0.39, 0.29) is 0 Å². The first-order chi connectivity index (χ1) is 7.58. The lowest BCUT2D eigenvalue weighted by molar-refractivity contribution is 0.0696. The summed E-state index contributed by atoms with van der Waals surface area (Å²) in [6, 6.07) is 5.32. The minimum atomic E-state index is -0.852. The van der Waals surface area contributed by atoms with Gasteiger partial charge in [0, 0.05) is 12.2 Å². The fraction of sp³-hybridized carbons (Fsp3) is 0.462. The van der Waals surface area contributed by atoms with Crippen molar-refractivity contribution in [1.82, 2.24) is 0 Å².